The molecule has 0 N–H and O–H groups in total. The number of rotatable bonds is 5. The lowest BCUT2D eigenvalue weighted by Crippen LogP contribution is -2.12. The fourth-order valence-corrected chi connectivity index (χ4v) is 1.17. The lowest BCUT2D eigenvalue weighted by Gasteiger charge is -2.06. The number of carbonyl (C=O) groups is 3. The van der Waals surface area contributed by atoms with E-state index in [0.717, 1.165) is 0 Å². The molecule has 0 fully saturated rings. The first kappa shape index (κ1) is 14.6. The van der Waals surface area contributed by atoms with E-state index >= 15 is 0 Å². The second-order valence-corrected chi connectivity index (χ2v) is 4.00. The van der Waals surface area contributed by atoms with Crippen LogP contribution < -0.4 is 9.47 Å². The fourth-order valence-electron chi connectivity index (χ4n) is 1.17. The molecular weight excluding hydrogens is 248 g/mol. The number of hydrogen-bond donors (Lipinski definition) is 0. The summed E-state index contributed by atoms with van der Waals surface area (Å²) in [5, 5.41) is 0. The molecule has 0 aromatic heterocycles. The van der Waals surface area contributed by atoms with E-state index in [4.69, 9.17) is 9.47 Å². The molecule has 0 bridgehead atoms. The summed E-state index contributed by atoms with van der Waals surface area (Å²) >= 11 is 0. The van der Waals surface area contributed by atoms with Gasteiger partial charge in [0, 0.05) is 11.6 Å². The number of benzene rings is 1. The van der Waals surface area contributed by atoms with E-state index in [-0.39, 0.29) is 29.3 Å². The van der Waals surface area contributed by atoms with Gasteiger partial charge in [0.25, 0.3) is 0 Å². The van der Waals surface area contributed by atoms with E-state index < -0.39 is 11.9 Å². The molecule has 0 saturated heterocycles. The maximum atomic E-state index is 11.3. The van der Waals surface area contributed by atoms with Gasteiger partial charge in [-0.1, -0.05) is 12.6 Å². The summed E-state index contributed by atoms with van der Waals surface area (Å²) in [6, 6.07) is 6.02. The number of hydrogen-bond acceptors (Lipinski definition) is 5. The van der Waals surface area contributed by atoms with Crippen molar-refractivity contribution in [2.45, 2.75) is 20.3 Å². The second-order valence-electron chi connectivity index (χ2n) is 4.00. The third kappa shape index (κ3) is 5.16. The highest BCUT2D eigenvalue weighted by atomic mass is 16.5. The first-order valence-electron chi connectivity index (χ1n) is 5.56. The van der Waals surface area contributed by atoms with Gasteiger partial charge in [0.15, 0.2) is 0 Å². The van der Waals surface area contributed by atoms with Crippen LogP contribution in [0.15, 0.2) is 36.4 Å². The molecule has 0 heterocycles. The molecule has 1 aromatic carbocycles. The molecule has 5 heteroatoms. The molecule has 0 aliphatic heterocycles. The van der Waals surface area contributed by atoms with Crippen LogP contribution in [0.3, 0.4) is 0 Å². The van der Waals surface area contributed by atoms with Crippen LogP contribution >= 0.6 is 0 Å². The highest BCUT2D eigenvalue weighted by Gasteiger charge is 2.10. The summed E-state index contributed by atoms with van der Waals surface area (Å²) in [5.74, 6) is -1.06. The van der Waals surface area contributed by atoms with E-state index in [1.807, 2.05) is 0 Å². The monoisotopic (exact) mass is 262 g/mol. The average molecular weight is 262 g/mol. The van der Waals surface area contributed by atoms with Crippen LogP contribution in [0.5, 0.6) is 11.5 Å². The Balaban J connectivity index is 2.72. The van der Waals surface area contributed by atoms with E-state index in [2.05, 4.69) is 6.58 Å². The molecule has 0 aliphatic carbocycles. The zero-order valence-corrected chi connectivity index (χ0v) is 10.8. The van der Waals surface area contributed by atoms with Crippen LogP contribution in [0.4, 0.5) is 0 Å². The largest absolute Gasteiger partial charge is 0.426 e. The summed E-state index contributed by atoms with van der Waals surface area (Å²) < 4.78 is 9.92. The summed E-state index contributed by atoms with van der Waals surface area (Å²) in [6.07, 6.45) is -0.296. The van der Waals surface area contributed by atoms with Crippen molar-refractivity contribution in [3.8, 4) is 11.5 Å². The normalized spacial score (nSPS) is 9.58. The Kier molecular flexibility index (Phi) is 5.00. The second kappa shape index (κ2) is 6.49. The van der Waals surface area contributed by atoms with Crippen molar-refractivity contribution in [1.82, 2.24) is 0 Å². The summed E-state index contributed by atoms with van der Waals surface area (Å²) in [7, 11) is 0. The van der Waals surface area contributed by atoms with Gasteiger partial charge in [0.1, 0.15) is 23.7 Å². The molecule has 1 aromatic rings. The summed E-state index contributed by atoms with van der Waals surface area (Å²) in [4.78, 5) is 33.4. The number of ether oxygens (including phenoxy) is 2. The van der Waals surface area contributed by atoms with Crippen LogP contribution in [0.1, 0.15) is 20.3 Å². The van der Waals surface area contributed by atoms with Crippen LogP contribution in [-0.2, 0) is 14.4 Å². The standard InChI is InChI=1S/C14H14O5/c1-9(2)14(17)19-12-6-4-5-11(8-12)18-13(16)7-10(3)15/h4-6,8H,1,7H2,2-3H3. The van der Waals surface area contributed by atoms with E-state index in [1.54, 1.807) is 12.1 Å². The van der Waals surface area contributed by atoms with Gasteiger partial charge in [0.05, 0.1) is 0 Å². The van der Waals surface area contributed by atoms with Crippen molar-refractivity contribution in [3.63, 3.8) is 0 Å². The molecule has 0 saturated carbocycles. The van der Waals surface area contributed by atoms with Gasteiger partial charge in [-0.2, -0.15) is 0 Å². The van der Waals surface area contributed by atoms with Gasteiger partial charge in [-0.25, -0.2) is 4.79 Å². The van der Waals surface area contributed by atoms with Gasteiger partial charge in [-0.15, -0.1) is 0 Å². The molecule has 1 rings (SSSR count). The highest BCUT2D eigenvalue weighted by Crippen LogP contribution is 2.20. The smallest absolute Gasteiger partial charge is 0.338 e. The molecule has 0 unspecified atom stereocenters. The minimum atomic E-state index is -0.657. The van der Waals surface area contributed by atoms with Crippen molar-refractivity contribution in [2.75, 3.05) is 0 Å². The Hall–Kier alpha value is -2.43. The zero-order chi connectivity index (χ0) is 14.4. The van der Waals surface area contributed by atoms with Gasteiger partial charge >= 0.3 is 11.9 Å². The number of ketones is 1. The minimum absolute atomic E-state index is 0.207. The van der Waals surface area contributed by atoms with Crippen molar-refractivity contribution < 1.29 is 23.9 Å². The van der Waals surface area contributed by atoms with Crippen LogP contribution in [-0.4, -0.2) is 17.7 Å². The molecule has 5 nitrogen and oxygen atoms in total. The Morgan fingerprint density at radius 3 is 2.21 bits per heavy atom. The Bertz CT molecular complexity index is 530. The fraction of sp³-hybridized carbons (Fsp3) is 0.214. The Morgan fingerprint density at radius 2 is 1.68 bits per heavy atom. The molecule has 0 atom stereocenters. The molecule has 0 amide bonds. The lowest BCUT2D eigenvalue weighted by molar-refractivity contribution is -0.137. The molecule has 0 radical (unpaired) electrons. The predicted octanol–water partition coefficient (Wildman–Crippen LogP) is 2.05. The summed E-state index contributed by atoms with van der Waals surface area (Å²) in [6.45, 7) is 6.28. The first-order valence-corrected chi connectivity index (χ1v) is 5.56. The first-order chi connectivity index (χ1) is 8.88. The number of Topliss-reactive ketones (excluding diaryl/α,β-unsaturated/α-hetero) is 1. The van der Waals surface area contributed by atoms with Gasteiger partial charge in [0.2, 0.25) is 0 Å². The van der Waals surface area contributed by atoms with Crippen molar-refractivity contribution in [1.29, 1.82) is 0 Å². The number of esters is 2. The van der Waals surface area contributed by atoms with Gasteiger partial charge < -0.3 is 9.47 Å². The van der Waals surface area contributed by atoms with E-state index in [1.165, 1.54) is 26.0 Å². The maximum absolute atomic E-state index is 11.3. The Labute approximate surface area is 110 Å². The topological polar surface area (TPSA) is 69.7 Å². The van der Waals surface area contributed by atoms with Crippen LogP contribution in [0.25, 0.3) is 0 Å². The minimum Gasteiger partial charge on any atom is -0.426 e. The number of carbonyl (C=O) groups excluding carboxylic acids is 3. The quantitative estimate of drug-likeness (QED) is 0.351. The van der Waals surface area contributed by atoms with Crippen LogP contribution in [0.2, 0.25) is 0 Å². The van der Waals surface area contributed by atoms with Gasteiger partial charge in [-0.3, -0.25) is 9.59 Å². The highest BCUT2D eigenvalue weighted by molar-refractivity contribution is 5.95. The Morgan fingerprint density at radius 1 is 1.11 bits per heavy atom. The summed E-state index contributed by atoms with van der Waals surface area (Å²) in [5.41, 5.74) is 0.263. The maximum Gasteiger partial charge on any atom is 0.338 e. The van der Waals surface area contributed by atoms with E-state index in [9.17, 15) is 14.4 Å². The van der Waals surface area contributed by atoms with Gasteiger partial charge in [-0.05, 0) is 26.0 Å². The molecule has 0 aliphatic rings. The third-order valence-corrected chi connectivity index (χ3v) is 1.99. The lowest BCUT2D eigenvalue weighted by atomic mass is 10.3. The molecular formula is C14H14O5. The van der Waals surface area contributed by atoms with Crippen molar-refractivity contribution >= 4 is 17.7 Å². The molecule has 100 valence electrons. The molecule has 0 spiro atoms. The van der Waals surface area contributed by atoms with Crippen molar-refractivity contribution in [2.24, 2.45) is 0 Å². The predicted molar refractivity (Wildman–Crippen MR) is 67.8 cm³/mol. The van der Waals surface area contributed by atoms with E-state index in [0.29, 0.717) is 0 Å². The molecule has 19 heavy (non-hydrogen) atoms. The third-order valence-electron chi connectivity index (χ3n) is 1.99. The van der Waals surface area contributed by atoms with Crippen molar-refractivity contribution in [3.05, 3.63) is 36.4 Å². The van der Waals surface area contributed by atoms with Crippen LogP contribution in [0, 0.1) is 0 Å². The zero-order valence-electron chi connectivity index (χ0n) is 10.8. The SMILES string of the molecule is C=C(C)C(=O)Oc1cccc(OC(=O)CC(C)=O)c1. The average Bonchev–Trinajstić information content (AvgIpc) is 2.27.